The lowest BCUT2D eigenvalue weighted by Gasteiger charge is -2.24. The standard InChI is InChI=1S/C20H30N2O5/c1-20(2,3)27-19(24)22-10-9-17(13-22)21-18(23)15-26-12-11-25-14-16-7-5-4-6-8-16/h4-8,17H,9-15H2,1-3H3,(H,21,23)/t17-/m0/s1. The van der Waals surface area contributed by atoms with E-state index >= 15 is 0 Å². The summed E-state index contributed by atoms with van der Waals surface area (Å²) in [5, 5.41) is 2.89. The van der Waals surface area contributed by atoms with Crippen molar-refractivity contribution in [2.45, 2.75) is 45.4 Å². The Labute approximate surface area is 161 Å². The van der Waals surface area contributed by atoms with Crippen molar-refractivity contribution in [3.63, 3.8) is 0 Å². The number of hydrogen-bond acceptors (Lipinski definition) is 5. The van der Waals surface area contributed by atoms with Crippen molar-refractivity contribution in [3.8, 4) is 0 Å². The van der Waals surface area contributed by atoms with E-state index in [9.17, 15) is 9.59 Å². The molecule has 1 fully saturated rings. The summed E-state index contributed by atoms with van der Waals surface area (Å²) < 4.78 is 16.2. The summed E-state index contributed by atoms with van der Waals surface area (Å²) in [6.07, 6.45) is 0.372. The minimum Gasteiger partial charge on any atom is -0.444 e. The summed E-state index contributed by atoms with van der Waals surface area (Å²) in [7, 11) is 0. The Bertz CT molecular complexity index is 600. The monoisotopic (exact) mass is 378 g/mol. The van der Waals surface area contributed by atoms with Crippen LogP contribution in [-0.4, -0.2) is 61.5 Å². The maximum Gasteiger partial charge on any atom is 0.410 e. The van der Waals surface area contributed by atoms with Crippen LogP contribution >= 0.6 is 0 Å². The van der Waals surface area contributed by atoms with Crippen molar-refractivity contribution in [1.82, 2.24) is 10.2 Å². The van der Waals surface area contributed by atoms with Crippen LogP contribution in [0.3, 0.4) is 0 Å². The molecule has 0 unspecified atom stereocenters. The third kappa shape index (κ3) is 8.41. The van der Waals surface area contributed by atoms with Crippen LogP contribution in [0.15, 0.2) is 30.3 Å². The van der Waals surface area contributed by atoms with Gasteiger partial charge in [0.1, 0.15) is 12.2 Å². The Kier molecular flexibility index (Phi) is 8.06. The van der Waals surface area contributed by atoms with Crippen LogP contribution in [0.4, 0.5) is 4.79 Å². The average molecular weight is 378 g/mol. The molecule has 0 aromatic heterocycles. The first-order valence-corrected chi connectivity index (χ1v) is 9.30. The molecule has 1 aromatic rings. The lowest BCUT2D eigenvalue weighted by atomic mass is 10.2. The van der Waals surface area contributed by atoms with Crippen LogP contribution in [0, 0.1) is 0 Å². The molecular weight excluding hydrogens is 348 g/mol. The third-order valence-corrected chi connectivity index (χ3v) is 3.92. The zero-order valence-electron chi connectivity index (χ0n) is 16.4. The van der Waals surface area contributed by atoms with Gasteiger partial charge in [0.15, 0.2) is 0 Å². The SMILES string of the molecule is CC(C)(C)OC(=O)N1CC[C@H](NC(=O)COCCOCc2ccccc2)C1. The summed E-state index contributed by atoms with van der Waals surface area (Å²) >= 11 is 0. The van der Waals surface area contributed by atoms with E-state index in [0.29, 0.717) is 39.3 Å². The molecule has 0 radical (unpaired) electrons. The molecule has 1 aliphatic rings. The molecule has 0 bridgehead atoms. The topological polar surface area (TPSA) is 77.1 Å². The van der Waals surface area contributed by atoms with Gasteiger partial charge in [-0.25, -0.2) is 4.79 Å². The Hall–Kier alpha value is -2.12. The van der Waals surface area contributed by atoms with Crippen LogP contribution in [0.2, 0.25) is 0 Å². The van der Waals surface area contributed by atoms with E-state index in [1.54, 1.807) is 4.90 Å². The molecule has 1 atom stereocenters. The fourth-order valence-electron chi connectivity index (χ4n) is 2.69. The van der Waals surface area contributed by atoms with Gasteiger partial charge < -0.3 is 24.4 Å². The predicted octanol–water partition coefficient (Wildman–Crippen LogP) is 2.35. The molecular formula is C20H30N2O5. The molecule has 0 spiro atoms. The second-order valence-corrected chi connectivity index (χ2v) is 7.57. The number of carbonyl (C=O) groups excluding carboxylic acids is 2. The summed E-state index contributed by atoms with van der Waals surface area (Å²) in [5.74, 6) is -0.186. The number of nitrogens with zero attached hydrogens (tertiary/aromatic N) is 1. The minimum absolute atomic E-state index is 0.0162. The van der Waals surface area contributed by atoms with Crippen LogP contribution < -0.4 is 5.32 Å². The predicted molar refractivity (Wildman–Crippen MR) is 101 cm³/mol. The number of hydrogen-bond donors (Lipinski definition) is 1. The first-order chi connectivity index (χ1) is 12.8. The van der Waals surface area contributed by atoms with E-state index in [-0.39, 0.29) is 24.6 Å². The molecule has 0 aliphatic carbocycles. The maximum absolute atomic E-state index is 12.0. The van der Waals surface area contributed by atoms with E-state index in [1.807, 2.05) is 51.1 Å². The summed E-state index contributed by atoms with van der Waals surface area (Å²) in [6, 6.07) is 9.82. The number of rotatable bonds is 8. The van der Waals surface area contributed by atoms with Gasteiger partial charge in [0.05, 0.1) is 19.8 Å². The summed E-state index contributed by atoms with van der Waals surface area (Å²) in [6.45, 7) is 7.84. The van der Waals surface area contributed by atoms with Crippen molar-refractivity contribution < 1.29 is 23.8 Å². The zero-order chi connectivity index (χ0) is 19.7. The van der Waals surface area contributed by atoms with Crippen LogP contribution in [-0.2, 0) is 25.6 Å². The number of likely N-dealkylation sites (tertiary alicyclic amines) is 1. The van der Waals surface area contributed by atoms with Gasteiger partial charge in [0.2, 0.25) is 5.91 Å². The van der Waals surface area contributed by atoms with Crippen LogP contribution in [0.25, 0.3) is 0 Å². The van der Waals surface area contributed by atoms with E-state index < -0.39 is 5.60 Å². The fraction of sp³-hybridized carbons (Fsp3) is 0.600. The average Bonchev–Trinajstić information content (AvgIpc) is 3.06. The van der Waals surface area contributed by atoms with Gasteiger partial charge in [0, 0.05) is 19.1 Å². The highest BCUT2D eigenvalue weighted by Gasteiger charge is 2.30. The zero-order valence-corrected chi connectivity index (χ0v) is 16.4. The Morgan fingerprint density at radius 1 is 1.15 bits per heavy atom. The van der Waals surface area contributed by atoms with Gasteiger partial charge in [-0.2, -0.15) is 0 Å². The lowest BCUT2D eigenvalue weighted by Crippen LogP contribution is -2.41. The van der Waals surface area contributed by atoms with Gasteiger partial charge in [-0.1, -0.05) is 30.3 Å². The quantitative estimate of drug-likeness (QED) is 0.703. The molecule has 1 aromatic carbocycles. The first-order valence-electron chi connectivity index (χ1n) is 9.30. The summed E-state index contributed by atoms with van der Waals surface area (Å²) in [5.41, 5.74) is 0.584. The second-order valence-electron chi connectivity index (χ2n) is 7.57. The Morgan fingerprint density at radius 3 is 2.56 bits per heavy atom. The van der Waals surface area contributed by atoms with Gasteiger partial charge in [-0.15, -0.1) is 0 Å². The fourth-order valence-corrected chi connectivity index (χ4v) is 2.69. The van der Waals surface area contributed by atoms with Crippen LogP contribution in [0.5, 0.6) is 0 Å². The molecule has 7 nitrogen and oxygen atoms in total. The van der Waals surface area contributed by atoms with Crippen molar-refractivity contribution in [2.75, 3.05) is 32.9 Å². The molecule has 2 rings (SSSR count). The number of ether oxygens (including phenoxy) is 3. The van der Waals surface area contributed by atoms with E-state index in [2.05, 4.69) is 5.32 Å². The van der Waals surface area contributed by atoms with E-state index in [4.69, 9.17) is 14.2 Å². The molecule has 2 amide bonds. The molecule has 1 N–H and O–H groups in total. The summed E-state index contributed by atoms with van der Waals surface area (Å²) in [4.78, 5) is 25.6. The number of nitrogens with one attached hydrogen (secondary N) is 1. The smallest absolute Gasteiger partial charge is 0.410 e. The second kappa shape index (κ2) is 10.3. The number of benzene rings is 1. The van der Waals surface area contributed by atoms with Gasteiger partial charge in [0.25, 0.3) is 0 Å². The van der Waals surface area contributed by atoms with Crippen molar-refractivity contribution in [2.24, 2.45) is 0 Å². The molecule has 7 heteroatoms. The molecule has 1 aliphatic heterocycles. The van der Waals surface area contributed by atoms with E-state index in [0.717, 1.165) is 5.56 Å². The van der Waals surface area contributed by atoms with Crippen LogP contribution in [0.1, 0.15) is 32.8 Å². The third-order valence-electron chi connectivity index (χ3n) is 3.92. The van der Waals surface area contributed by atoms with Gasteiger partial charge in [-0.05, 0) is 32.8 Å². The largest absolute Gasteiger partial charge is 0.444 e. The Morgan fingerprint density at radius 2 is 1.85 bits per heavy atom. The van der Waals surface area contributed by atoms with Crippen molar-refractivity contribution in [1.29, 1.82) is 0 Å². The minimum atomic E-state index is -0.519. The molecule has 150 valence electrons. The van der Waals surface area contributed by atoms with Crippen molar-refractivity contribution >= 4 is 12.0 Å². The molecule has 0 saturated carbocycles. The maximum atomic E-state index is 12.0. The molecule has 27 heavy (non-hydrogen) atoms. The van der Waals surface area contributed by atoms with Crippen molar-refractivity contribution in [3.05, 3.63) is 35.9 Å². The highest BCUT2D eigenvalue weighted by molar-refractivity contribution is 5.77. The highest BCUT2D eigenvalue weighted by Crippen LogP contribution is 2.15. The highest BCUT2D eigenvalue weighted by atomic mass is 16.6. The van der Waals surface area contributed by atoms with E-state index in [1.165, 1.54) is 0 Å². The van der Waals surface area contributed by atoms with Gasteiger partial charge in [-0.3, -0.25) is 4.79 Å². The molecule has 1 saturated heterocycles. The Balaban J connectivity index is 1.54. The number of amides is 2. The van der Waals surface area contributed by atoms with Gasteiger partial charge >= 0.3 is 6.09 Å². The normalized spacial score (nSPS) is 17.0. The number of carbonyl (C=O) groups is 2. The molecule has 1 heterocycles. The lowest BCUT2D eigenvalue weighted by molar-refractivity contribution is -0.126. The first kappa shape index (κ1) is 21.2.